The number of hydrogen-bond donors (Lipinski definition) is 1. The molecule has 1 aliphatic carbocycles. The first-order valence-corrected chi connectivity index (χ1v) is 7.79. The fourth-order valence-electron chi connectivity index (χ4n) is 3.15. The van der Waals surface area contributed by atoms with Crippen molar-refractivity contribution in [2.45, 2.75) is 38.3 Å². The standard InChI is InChI=1S/C17H23N3/c18-11-15-2-1-3-16(10-15)13-20(17-4-5-17)12-14-6-8-19-9-7-14/h1-3,10,14,17,19H,4-9,12-13H2. The molecule has 1 aromatic rings. The number of nitriles is 1. The Balaban J connectivity index is 1.63. The second-order valence-electron chi connectivity index (χ2n) is 6.17. The summed E-state index contributed by atoms with van der Waals surface area (Å²) in [5.74, 6) is 0.844. The van der Waals surface area contributed by atoms with Gasteiger partial charge in [0, 0.05) is 19.1 Å². The molecule has 1 saturated carbocycles. The normalized spacial score (nSPS) is 20.0. The Kier molecular flexibility index (Phi) is 4.34. The van der Waals surface area contributed by atoms with Gasteiger partial charge in [-0.1, -0.05) is 12.1 Å². The van der Waals surface area contributed by atoms with E-state index in [9.17, 15) is 0 Å². The molecule has 1 aliphatic heterocycles. The first kappa shape index (κ1) is 13.6. The molecule has 1 heterocycles. The van der Waals surface area contributed by atoms with Gasteiger partial charge in [-0.3, -0.25) is 4.90 Å². The summed E-state index contributed by atoms with van der Waals surface area (Å²) < 4.78 is 0. The van der Waals surface area contributed by atoms with Gasteiger partial charge in [0.05, 0.1) is 11.6 Å². The Bertz CT molecular complexity index is 481. The van der Waals surface area contributed by atoms with E-state index < -0.39 is 0 Å². The molecule has 3 rings (SSSR count). The molecule has 0 atom stereocenters. The third-order valence-electron chi connectivity index (χ3n) is 4.46. The van der Waals surface area contributed by atoms with E-state index in [4.69, 9.17) is 5.26 Å². The predicted octanol–water partition coefficient (Wildman–Crippen LogP) is 2.52. The molecule has 2 aliphatic rings. The van der Waals surface area contributed by atoms with Crippen molar-refractivity contribution in [3.8, 4) is 6.07 Å². The zero-order valence-electron chi connectivity index (χ0n) is 12.0. The molecule has 3 heteroatoms. The van der Waals surface area contributed by atoms with Gasteiger partial charge in [0.15, 0.2) is 0 Å². The number of nitrogens with one attached hydrogen (secondary N) is 1. The molecule has 1 N–H and O–H groups in total. The summed E-state index contributed by atoms with van der Waals surface area (Å²) in [6.07, 6.45) is 5.31. The Hall–Kier alpha value is -1.37. The van der Waals surface area contributed by atoms with Crippen LogP contribution in [0.4, 0.5) is 0 Å². The van der Waals surface area contributed by atoms with E-state index in [1.54, 1.807) is 0 Å². The Morgan fingerprint density at radius 3 is 2.70 bits per heavy atom. The fourth-order valence-corrected chi connectivity index (χ4v) is 3.15. The van der Waals surface area contributed by atoms with Crippen LogP contribution in [0.3, 0.4) is 0 Å². The molecule has 106 valence electrons. The summed E-state index contributed by atoms with van der Waals surface area (Å²) in [7, 11) is 0. The average Bonchev–Trinajstić information content (AvgIpc) is 3.33. The van der Waals surface area contributed by atoms with Crippen LogP contribution >= 0.6 is 0 Å². The summed E-state index contributed by atoms with van der Waals surface area (Å²) >= 11 is 0. The molecule has 1 saturated heterocycles. The Morgan fingerprint density at radius 1 is 1.20 bits per heavy atom. The Labute approximate surface area is 121 Å². The smallest absolute Gasteiger partial charge is 0.0991 e. The van der Waals surface area contributed by atoms with Gasteiger partial charge >= 0.3 is 0 Å². The summed E-state index contributed by atoms with van der Waals surface area (Å²) in [4.78, 5) is 2.65. The van der Waals surface area contributed by atoms with E-state index in [0.29, 0.717) is 0 Å². The largest absolute Gasteiger partial charge is 0.317 e. The van der Waals surface area contributed by atoms with Gasteiger partial charge in [0.1, 0.15) is 0 Å². The fraction of sp³-hybridized carbons (Fsp3) is 0.588. The van der Waals surface area contributed by atoms with Crippen molar-refractivity contribution in [2.24, 2.45) is 5.92 Å². The molecular weight excluding hydrogens is 246 g/mol. The molecule has 20 heavy (non-hydrogen) atoms. The first-order valence-electron chi connectivity index (χ1n) is 7.79. The van der Waals surface area contributed by atoms with Crippen molar-refractivity contribution in [3.05, 3.63) is 35.4 Å². The van der Waals surface area contributed by atoms with E-state index in [-0.39, 0.29) is 0 Å². The van der Waals surface area contributed by atoms with Crippen LogP contribution in [-0.4, -0.2) is 30.6 Å². The maximum atomic E-state index is 9.01. The highest BCUT2D eigenvalue weighted by Gasteiger charge is 2.30. The zero-order chi connectivity index (χ0) is 13.8. The molecular formula is C17H23N3. The van der Waals surface area contributed by atoms with Crippen LogP contribution in [0.15, 0.2) is 24.3 Å². The molecule has 3 nitrogen and oxygen atoms in total. The maximum Gasteiger partial charge on any atom is 0.0991 e. The summed E-state index contributed by atoms with van der Waals surface area (Å²) in [6, 6.07) is 11.1. The van der Waals surface area contributed by atoms with E-state index in [1.165, 1.54) is 50.9 Å². The third-order valence-corrected chi connectivity index (χ3v) is 4.46. The van der Waals surface area contributed by atoms with Crippen LogP contribution in [0.2, 0.25) is 0 Å². The lowest BCUT2D eigenvalue weighted by molar-refractivity contribution is 0.190. The second kappa shape index (κ2) is 6.39. The van der Waals surface area contributed by atoms with Crippen molar-refractivity contribution in [2.75, 3.05) is 19.6 Å². The predicted molar refractivity (Wildman–Crippen MR) is 80.2 cm³/mol. The molecule has 0 radical (unpaired) electrons. The van der Waals surface area contributed by atoms with Gasteiger partial charge < -0.3 is 5.32 Å². The minimum atomic E-state index is 0.778. The Morgan fingerprint density at radius 2 is 2.00 bits per heavy atom. The van der Waals surface area contributed by atoms with Crippen LogP contribution in [0.5, 0.6) is 0 Å². The van der Waals surface area contributed by atoms with Crippen LogP contribution in [0.25, 0.3) is 0 Å². The highest BCUT2D eigenvalue weighted by Crippen LogP contribution is 2.30. The minimum absolute atomic E-state index is 0.778. The number of benzene rings is 1. The lowest BCUT2D eigenvalue weighted by atomic mass is 9.97. The monoisotopic (exact) mass is 269 g/mol. The zero-order valence-corrected chi connectivity index (χ0v) is 12.0. The van der Waals surface area contributed by atoms with E-state index in [1.807, 2.05) is 18.2 Å². The van der Waals surface area contributed by atoms with Crippen molar-refractivity contribution < 1.29 is 0 Å². The second-order valence-corrected chi connectivity index (χ2v) is 6.17. The summed E-state index contributed by atoms with van der Waals surface area (Å²) in [5, 5.41) is 12.5. The first-order chi connectivity index (χ1) is 9.85. The highest BCUT2D eigenvalue weighted by molar-refractivity contribution is 5.32. The quantitative estimate of drug-likeness (QED) is 0.892. The van der Waals surface area contributed by atoms with Crippen LogP contribution in [0, 0.1) is 17.2 Å². The maximum absolute atomic E-state index is 9.01. The lowest BCUT2D eigenvalue weighted by Crippen LogP contribution is -2.37. The molecule has 0 bridgehead atoms. The van der Waals surface area contributed by atoms with Gasteiger partial charge in [0.25, 0.3) is 0 Å². The van der Waals surface area contributed by atoms with Gasteiger partial charge in [-0.05, 0) is 62.4 Å². The molecule has 0 amide bonds. The molecule has 2 fully saturated rings. The van der Waals surface area contributed by atoms with E-state index >= 15 is 0 Å². The minimum Gasteiger partial charge on any atom is -0.317 e. The van der Waals surface area contributed by atoms with Gasteiger partial charge in [0.2, 0.25) is 0 Å². The van der Waals surface area contributed by atoms with E-state index in [2.05, 4.69) is 22.4 Å². The molecule has 0 spiro atoms. The molecule has 0 unspecified atom stereocenters. The lowest BCUT2D eigenvalue weighted by Gasteiger charge is -2.30. The van der Waals surface area contributed by atoms with Gasteiger partial charge in [-0.15, -0.1) is 0 Å². The van der Waals surface area contributed by atoms with Crippen molar-refractivity contribution in [3.63, 3.8) is 0 Å². The van der Waals surface area contributed by atoms with Crippen LogP contribution in [-0.2, 0) is 6.54 Å². The topological polar surface area (TPSA) is 39.1 Å². The van der Waals surface area contributed by atoms with Crippen LogP contribution < -0.4 is 5.32 Å². The number of nitrogens with zero attached hydrogens (tertiary/aromatic N) is 2. The average molecular weight is 269 g/mol. The molecule has 1 aromatic carbocycles. The number of piperidine rings is 1. The number of hydrogen-bond acceptors (Lipinski definition) is 3. The van der Waals surface area contributed by atoms with E-state index in [0.717, 1.165) is 24.1 Å². The molecule has 0 aromatic heterocycles. The van der Waals surface area contributed by atoms with Crippen molar-refractivity contribution >= 4 is 0 Å². The SMILES string of the molecule is N#Cc1cccc(CN(CC2CCNCC2)C2CC2)c1. The van der Waals surface area contributed by atoms with Gasteiger partial charge in [-0.2, -0.15) is 5.26 Å². The third kappa shape index (κ3) is 3.59. The number of rotatable bonds is 5. The van der Waals surface area contributed by atoms with Crippen molar-refractivity contribution in [1.82, 2.24) is 10.2 Å². The van der Waals surface area contributed by atoms with Crippen molar-refractivity contribution in [1.29, 1.82) is 5.26 Å². The van der Waals surface area contributed by atoms with Crippen LogP contribution in [0.1, 0.15) is 36.8 Å². The summed E-state index contributed by atoms with van der Waals surface area (Å²) in [6.45, 7) is 4.58. The van der Waals surface area contributed by atoms with Gasteiger partial charge in [-0.25, -0.2) is 0 Å². The summed E-state index contributed by atoms with van der Waals surface area (Å²) in [5.41, 5.74) is 2.06. The highest BCUT2D eigenvalue weighted by atomic mass is 15.2.